The Kier molecular flexibility index (Phi) is 6.34. The van der Waals surface area contributed by atoms with Gasteiger partial charge in [0.25, 0.3) is 0 Å². The van der Waals surface area contributed by atoms with Crippen LogP contribution in [-0.2, 0) is 20.7 Å². The zero-order chi connectivity index (χ0) is 16.8. The van der Waals surface area contributed by atoms with E-state index in [4.69, 9.17) is 4.74 Å². The van der Waals surface area contributed by atoms with E-state index in [2.05, 4.69) is 0 Å². The van der Waals surface area contributed by atoms with Crippen LogP contribution in [0.2, 0.25) is 0 Å². The molecule has 2 rings (SSSR count). The molecule has 1 fully saturated rings. The monoisotopic (exact) mass is 318 g/mol. The van der Waals surface area contributed by atoms with Crippen molar-refractivity contribution in [2.75, 3.05) is 6.61 Å². The molecule has 0 amide bonds. The number of ether oxygens (including phenoxy) is 1. The van der Waals surface area contributed by atoms with E-state index < -0.39 is 6.10 Å². The molecule has 4 nitrogen and oxygen atoms in total. The number of aliphatic hydroxyl groups excluding tert-OH is 1. The van der Waals surface area contributed by atoms with E-state index >= 15 is 0 Å². The lowest BCUT2D eigenvalue weighted by Crippen LogP contribution is -2.16. The molecule has 1 aliphatic carbocycles. The van der Waals surface area contributed by atoms with Crippen LogP contribution in [0.5, 0.6) is 0 Å². The number of carbonyl (C=O) groups excluding carboxylic acids is 2. The van der Waals surface area contributed by atoms with Crippen molar-refractivity contribution in [2.24, 2.45) is 5.92 Å². The van der Waals surface area contributed by atoms with Gasteiger partial charge in [-0.2, -0.15) is 0 Å². The van der Waals surface area contributed by atoms with Crippen molar-refractivity contribution in [1.29, 1.82) is 0 Å². The van der Waals surface area contributed by atoms with Gasteiger partial charge in [0.15, 0.2) is 0 Å². The molecule has 23 heavy (non-hydrogen) atoms. The first kappa shape index (κ1) is 17.7. The third kappa shape index (κ3) is 5.17. The Morgan fingerprint density at radius 1 is 1.30 bits per heavy atom. The van der Waals surface area contributed by atoms with Gasteiger partial charge in [-0.25, -0.2) is 0 Å². The zero-order valence-electron chi connectivity index (χ0n) is 14.0. The molecule has 0 saturated heterocycles. The average molecular weight is 318 g/mol. The summed E-state index contributed by atoms with van der Waals surface area (Å²) in [5, 5.41) is 9.17. The Morgan fingerprint density at radius 2 is 2.00 bits per heavy atom. The van der Waals surface area contributed by atoms with Crippen LogP contribution in [0, 0.1) is 5.92 Å². The smallest absolute Gasteiger partial charge is 0.313 e. The molecule has 4 heteroatoms. The first-order valence-electron chi connectivity index (χ1n) is 8.43. The van der Waals surface area contributed by atoms with Gasteiger partial charge in [0.2, 0.25) is 0 Å². The van der Waals surface area contributed by atoms with Gasteiger partial charge in [-0.15, -0.1) is 0 Å². The van der Waals surface area contributed by atoms with Crippen LogP contribution in [0.3, 0.4) is 0 Å². The second-order valence-electron chi connectivity index (χ2n) is 6.53. The first-order valence-corrected chi connectivity index (χ1v) is 8.43. The maximum atomic E-state index is 12.0. The van der Waals surface area contributed by atoms with Gasteiger partial charge in [0.1, 0.15) is 5.78 Å². The summed E-state index contributed by atoms with van der Waals surface area (Å²) in [5.41, 5.74) is 2.05. The van der Waals surface area contributed by atoms with Crippen LogP contribution >= 0.6 is 0 Å². The zero-order valence-corrected chi connectivity index (χ0v) is 14.0. The second kappa shape index (κ2) is 8.25. The molecule has 0 bridgehead atoms. The number of ketones is 1. The summed E-state index contributed by atoms with van der Waals surface area (Å²) in [5.74, 6) is -0.0524. The molecule has 0 aromatic heterocycles. The minimum absolute atomic E-state index is 0.170. The van der Waals surface area contributed by atoms with E-state index in [-0.39, 0.29) is 24.4 Å². The third-order valence-corrected chi connectivity index (χ3v) is 4.53. The predicted molar refractivity (Wildman–Crippen MR) is 88.2 cm³/mol. The minimum Gasteiger partial charge on any atom is -0.465 e. The summed E-state index contributed by atoms with van der Waals surface area (Å²) in [4.78, 5) is 23.7. The van der Waals surface area contributed by atoms with Crippen molar-refractivity contribution in [3.05, 3.63) is 35.4 Å². The fourth-order valence-corrected chi connectivity index (χ4v) is 2.92. The molecule has 1 aromatic carbocycles. The molecule has 1 aliphatic rings. The summed E-state index contributed by atoms with van der Waals surface area (Å²) in [6.07, 6.45) is 3.51. The van der Waals surface area contributed by atoms with Crippen LogP contribution in [-0.4, -0.2) is 29.6 Å². The molecule has 126 valence electrons. The maximum Gasteiger partial charge on any atom is 0.313 e. The number of rotatable bonds is 7. The van der Waals surface area contributed by atoms with Crippen molar-refractivity contribution in [3.8, 4) is 0 Å². The summed E-state index contributed by atoms with van der Waals surface area (Å²) >= 11 is 0. The predicted octanol–water partition coefficient (Wildman–Crippen LogP) is 3.02. The van der Waals surface area contributed by atoms with Crippen molar-refractivity contribution < 1.29 is 19.4 Å². The van der Waals surface area contributed by atoms with Gasteiger partial charge in [0.05, 0.1) is 18.6 Å². The average Bonchev–Trinajstić information content (AvgIpc) is 2.92. The quantitative estimate of drug-likeness (QED) is 0.785. The summed E-state index contributed by atoms with van der Waals surface area (Å²) < 4.78 is 5.18. The highest BCUT2D eigenvalue weighted by molar-refractivity contribution is 5.83. The summed E-state index contributed by atoms with van der Waals surface area (Å²) in [6.45, 7) is 3.73. The van der Waals surface area contributed by atoms with Gasteiger partial charge in [-0.3, -0.25) is 9.59 Å². The molecule has 0 aliphatic heterocycles. The fraction of sp³-hybridized carbons (Fsp3) is 0.579. The van der Waals surface area contributed by atoms with E-state index in [1.54, 1.807) is 6.92 Å². The number of hydrogen-bond donors (Lipinski definition) is 1. The highest BCUT2D eigenvalue weighted by atomic mass is 16.5. The largest absolute Gasteiger partial charge is 0.465 e. The molecular formula is C19H26O4. The normalized spacial score (nSPS) is 20.3. The van der Waals surface area contributed by atoms with E-state index in [0.717, 1.165) is 36.8 Å². The lowest BCUT2D eigenvalue weighted by Gasteiger charge is -2.14. The Bertz CT molecular complexity index is 533. The highest BCUT2D eigenvalue weighted by Crippen LogP contribution is 2.26. The van der Waals surface area contributed by atoms with Crippen LogP contribution < -0.4 is 0 Å². The van der Waals surface area contributed by atoms with Gasteiger partial charge in [-0.05, 0) is 44.2 Å². The van der Waals surface area contributed by atoms with E-state index in [1.807, 2.05) is 31.2 Å². The third-order valence-electron chi connectivity index (χ3n) is 4.53. The van der Waals surface area contributed by atoms with Gasteiger partial charge >= 0.3 is 5.97 Å². The Hall–Kier alpha value is -1.68. The maximum absolute atomic E-state index is 12.0. The summed E-state index contributed by atoms with van der Waals surface area (Å²) in [6, 6.07) is 7.88. The highest BCUT2D eigenvalue weighted by Gasteiger charge is 2.24. The van der Waals surface area contributed by atoms with Crippen molar-refractivity contribution >= 4 is 11.8 Å². The topological polar surface area (TPSA) is 63.6 Å². The second-order valence-corrected chi connectivity index (χ2v) is 6.53. The number of aliphatic hydroxyl groups is 1. The molecule has 0 heterocycles. The standard InChI is InChI=1S/C19H26O4/c1-13(20)10-11-23-19(22)14(2)16-8-6-15(7-9-16)12-17-4-3-5-18(17)21/h6-9,13-14,17,20H,3-5,10-12H2,1-2H3. The number of carbonyl (C=O) groups is 2. The van der Waals surface area contributed by atoms with Crippen molar-refractivity contribution in [3.63, 3.8) is 0 Å². The van der Waals surface area contributed by atoms with E-state index in [0.29, 0.717) is 12.2 Å². The van der Waals surface area contributed by atoms with Crippen molar-refractivity contribution in [2.45, 2.75) is 58.0 Å². The van der Waals surface area contributed by atoms with Crippen LogP contribution in [0.15, 0.2) is 24.3 Å². The lowest BCUT2D eigenvalue weighted by atomic mass is 9.94. The lowest BCUT2D eigenvalue weighted by molar-refractivity contribution is -0.145. The fourth-order valence-electron chi connectivity index (χ4n) is 2.92. The molecule has 3 unspecified atom stereocenters. The van der Waals surface area contributed by atoms with Crippen LogP contribution in [0.4, 0.5) is 0 Å². The Labute approximate surface area is 137 Å². The van der Waals surface area contributed by atoms with Crippen LogP contribution in [0.25, 0.3) is 0 Å². The molecule has 1 saturated carbocycles. The molecule has 1 N–H and O–H groups in total. The van der Waals surface area contributed by atoms with Crippen LogP contribution in [0.1, 0.15) is 56.6 Å². The number of benzene rings is 1. The molecule has 3 atom stereocenters. The molecule has 0 radical (unpaired) electrons. The number of Topliss-reactive ketones (excluding diaryl/α,β-unsaturated/α-hetero) is 1. The van der Waals surface area contributed by atoms with Crippen molar-refractivity contribution in [1.82, 2.24) is 0 Å². The van der Waals surface area contributed by atoms with Gasteiger partial charge in [-0.1, -0.05) is 24.3 Å². The molecule has 0 spiro atoms. The Morgan fingerprint density at radius 3 is 2.57 bits per heavy atom. The number of esters is 1. The van der Waals surface area contributed by atoms with Gasteiger partial charge in [0, 0.05) is 18.8 Å². The van der Waals surface area contributed by atoms with E-state index in [9.17, 15) is 14.7 Å². The van der Waals surface area contributed by atoms with Gasteiger partial charge < -0.3 is 9.84 Å². The SMILES string of the molecule is CC(O)CCOC(=O)C(C)c1ccc(CC2CCCC2=O)cc1. The van der Waals surface area contributed by atoms with E-state index in [1.165, 1.54) is 0 Å². The first-order chi connectivity index (χ1) is 11.0. The molecule has 1 aromatic rings. The Balaban J connectivity index is 1.87. The molecular weight excluding hydrogens is 292 g/mol. The summed E-state index contributed by atoms with van der Waals surface area (Å²) in [7, 11) is 0. The minimum atomic E-state index is -0.462. The number of hydrogen-bond acceptors (Lipinski definition) is 4.